The summed E-state index contributed by atoms with van der Waals surface area (Å²) in [6, 6.07) is 0. The lowest BCUT2D eigenvalue weighted by Gasteiger charge is -2.37. The fraction of sp³-hybridized carbons (Fsp3) is 0.750. The Kier molecular flexibility index (Phi) is 3.24. The van der Waals surface area contributed by atoms with E-state index >= 15 is 0 Å². The van der Waals surface area contributed by atoms with Crippen LogP contribution in [0.25, 0.3) is 0 Å². The molecule has 3 nitrogen and oxygen atoms in total. The molecule has 86 valence electrons. The van der Waals surface area contributed by atoms with Gasteiger partial charge in [0.15, 0.2) is 0 Å². The van der Waals surface area contributed by atoms with Crippen LogP contribution in [0.2, 0.25) is 0 Å². The number of hydrogen-bond donors (Lipinski definition) is 1. The van der Waals surface area contributed by atoms with Crippen LogP contribution in [0.1, 0.15) is 39.7 Å². The van der Waals surface area contributed by atoms with E-state index in [4.69, 9.17) is 0 Å². The molecular formula is C12H22N2O. The molecule has 1 unspecified atom stereocenters. The Bertz CT molecular complexity index is 321. The number of aromatic nitrogens is 2. The molecule has 0 aliphatic rings. The largest absolute Gasteiger partial charge is 0.390 e. The molecule has 0 amide bonds. The highest BCUT2D eigenvalue weighted by atomic mass is 16.3. The quantitative estimate of drug-likeness (QED) is 0.830. The first-order valence-corrected chi connectivity index (χ1v) is 5.42. The zero-order chi connectivity index (χ0) is 11.7. The second kappa shape index (κ2) is 3.97. The van der Waals surface area contributed by atoms with Crippen LogP contribution in [0.5, 0.6) is 0 Å². The molecule has 0 aliphatic carbocycles. The Hall–Kier alpha value is -0.830. The lowest BCUT2D eigenvalue weighted by Crippen LogP contribution is -2.40. The molecule has 15 heavy (non-hydrogen) atoms. The van der Waals surface area contributed by atoms with Gasteiger partial charge in [0.1, 0.15) is 0 Å². The molecule has 1 atom stereocenters. The maximum absolute atomic E-state index is 10.3. The van der Waals surface area contributed by atoms with E-state index in [1.807, 2.05) is 26.4 Å². The van der Waals surface area contributed by atoms with Crippen LogP contribution < -0.4 is 0 Å². The van der Waals surface area contributed by atoms with Gasteiger partial charge in [0.2, 0.25) is 0 Å². The molecular weight excluding hydrogens is 188 g/mol. The standard InChI is InChI=1S/C12H22N2O/c1-11(2,3)12(4,15)7-6-10-8-13-14(5)9-10/h8-9,15H,6-7H2,1-5H3. The molecule has 0 fully saturated rings. The summed E-state index contributed by atoms with van der Waals surface area (Å²) in [4.78, 5) is 0. The van der Waals surface area contributed by atoms with Crippen LogP contribution in [-0.2, 0) is 13.5 Å². The summed E-state index contributed by atoms with van der Waals surface area (Å²) in [5.74, 6) is 0. The minimum Gasteiger partial charge on any atom is -0.390 e. The summed E-state index contributed by atoms with van der Waals surface area (Å²) in [7, 11) is 1.91. The van der Waals surface area contributed by atoms with Crippen LogP contribution in [0.4, 0.5) is 0 Å². The molecule has 0 saturated heterocycles. The highest BCUT2D eigenvalue weighted by molar-refractivity contribution is 5.05. The fourth-order valence-electron chi connectivity index (χ4n) is 1.36. The molecule has 3 heteroatoms. The second-order valence-electron chi connectivity index (χ2n) is 5.55. The van der Waals surface area contributed by atoms with Gasteiger partial charge in [-0.15, -0.1) is 0 Å². The molecule has 0 saturated carbocycles. The SMILES string of the molecule is Cn1cc(CCC(C)(O)C(C)(C)C)cn1. The molecule has 0 aliphatic heterocycles. The van der Waals surface area contributed by atoms with Crippen molar-refractivity contribution < 1.29 is 5.11 Å². The van der Waals surface area contributed by atoms with Crippen molar-refractivity contribution in [1.29, 1.82) is 0 Å². The van der Waals surface area contributed by atoms with Crippen molar-refractivity contribution in [3.63, 3.8) is 0 Å². The average molecular weight is 210 g/mol. The monoisotopic (exact) mass is 210 g/mol. The van der Waals surface area contributed by atoms with Crippen LogP contribution in [-0.4, -0.2) is 20.5 Å². The Morgan fingerprint density at radius 2 is 1.93 bits per heavy atom. The van der Waals surface area contributed by atoms with Gasteiger partial charge in [-0.3, -0.25) is 4.68 Å². The van der Waals surface area contributed by atoms with Crippen LogP contribution in [0.3, 0.4) is 0 Å². The van der Waals surface area contributed by atoms with E-state index in [0.29, 0.717) is 0 Å². The molecule has 1 aromatic heterocycles. The fourth-order valence-corrected chi connectivity index (χ4v) is 1.36. The zero-order valence-corrected chi connectivity index (χ0v) is 10.4. The zero-order valence-electron chi connectivity index (χ0n) is 10.4. The summed E-state index contributed by atoms with van der Waals surface area (Å²) in [6.45, 7) is 8.10. The molecule has 0 aromatic carbocycles. The Morgan fingerprint density at radius 3 is 2.33 bits per heavy atom. The van der Waals surface area contributed by atoms with Crippen molar-refractivity contribution in [2.45, 2.75) is 46.1 Å². The Morgan fingerprint density at radius 1 is 1.33 bits per heavy atom. The summed E-state index contributed by atoms with van der Waals surface area (Å²) >= 11 is 0. The van der Waals surface area contributed by atoms with Crippen molar-refractivity contribution in [2.24, 2.45) is 12.5 Å². The van der Waals surface area contributed by atoms with Gasteiger partial charge in [0, 0.05) is 13.2 Å². The van der Waals surface area contributed by atoms with E-state index in [1.165, 1.54) is 5.56 Å². The predicted molar refractivity (Wildman–Crippen MR) is 61.6 cm³/mol. The highest BCUT2D eigenvalue weighted by Crippen LogP contribution is 2.33. The minimum absolute atomic E-state index is 0.0881. The molecule has 1 heterocycles. The molecule has 0 radical (unpaired) electrons. The normalized spacial score (nSPS) is 16.4. The second-order valence-corrected chi connectivity index (χ2v) is 5.55. The molecule has 1 rings (SSSR count). The number of aryl methyl sites for hydroxylation is 2. The molecule has 0 bridgehead atoms. The predicted octanol–water partition coefficient (Wildman–Crippen LogP) is 2.15. The number of aliphatic hydroxyl groups is 1. The third-order valence-corrected chi connectivity index (χ3v) is 3.27. The van der Waals surface area contributed by atoms with E-state index in [2.05, 4.69) is 25.9 Å². The Balaban J connectivity index is 2.57. The lowest BCUT2D eigenvalue weighted by atomic mass is 9.75. The molecule has 0 spiro atoms. The Labute approximate surface area is 92.1 Å². The summed E-state index contributed by atoms with van der Waals surface area (Å²) in [6.07, 6.45) is 5.50. The third-order valence-electron chi connectivity index (χ3n) is 3.27. The van der Waals surface area contributed by atoms with Gasteiger partial charge in [-0.05, 0) is 30.7 Å². The first-order chi connectivity index (χ1) is 6.72. The van der Waals surface area contributed by atoms with Gasteiger partial charge in [0.05, 0.1) is 11.8 Å². The van der Waals surface area contributed by atoms with Crippen LogP contribution in [0.15, 0.2) is 12.4 Å². The van der Waals surface area contributed by atoms with Gasteiger partial charge >= 0.3 is 0 Å². The van der Waals surface area contributed by atoms with E-state index in [0.717, 1.165) is 12.8 Å². The minimum atomic E-state index is -0.636. The lowest BCUT2D eigenvalue weighted by molar-refractivity contribution is -0.0476. The van der Waals surface area contributed by atoms with Gasteiger partial charge in [-0.25, -0.2) is 0 Å². The summed E-state index contributed by atoms with van der Waals surface area (Å²) in [5, 5.41) is 14.4. The maximum Gasteiger partial charge on any atom is 0.0671 e. The number of nitrogens with zero attached hydrogens (tertiary/aromatic N) is 2. The van der Waals surface area contributed by atoms with Gasteiger partial charge in [-0.1, -0.05) is 20.8 Å². The smallest absolute Gasteiger partial charge is 0.0671 e. The summed E-state index contributed by atoms with van der Waals surface area (Å²) in [5.41, 5.74) is 0.458. The third kappa shape index (κ3) is 3.06. The topological polar surface area (TPSA) is 38.0 Å². The van der Waals surface area contributed by atoms with E-state index in [-0.39, 0.29) is 5.41 Å². The number of hydrogen-bond acceptors (Lipinski definition) is 2. The molecule has 1 N–H and O–H groups in total. The molecule has 1 aromatic rings. The first kappa shape index (κ1) is 12.2. The van der Waals surface area contributed by atoms with Crippen molar-refractivity contribution in [2.75, 3.05) is 0 Å². The van der Waals surface area contributed by atoms with Crippen LogP contribution in [0, 0.1) is 5.41 Å². The van der Waals surface area contributed by atoms with Crippen LogP contribution >= 0.6 is 0 Å². The van der Waals surface area contributed by atoms with Gasteiger partial charge in [0.25, 0.3) is 0 Å². The van der Waals surface area contributed by atoms with Gasteiger partial charge in [-0.2, -0.15) is 5.10 Å². The summed E-state index contributed by atoms with van der Waals surface area (Å²) < 4.78 is 1.79. The highest BCUT2D eigenvalue weighted by Gasteiger charge is 2.34. The van der Waals surface area contributed by atoms with Crippen molar-refractivity contribution in [3.05, 3.63) is 18.0 Å². The van der Waals surface area contributed by atoms with E-state index in [9.17, 15) is 5.11 Å². The van der Waals surface area contributed by atoms with Crippen molar-refractivity contribution in [1.82, 2.24) is 9.78 Å². The van der Waals surface area contributed by atoms with E-state index in [1.54, 1.807) is 4.68 Å². The van der Waals surface area contributed by atoms with Crippen molar-refractivity contribution in [3.8, 4) is 0 Å². The van der Waals surface area contributed by atoms with Crippen molar-refractivity contribution >= 4 is 0 Å². The maximum atomic E-state index is 10.3. The van der Waals surface area contributed by atoms with Gasteiger partial charge < -0.3 is 5.11 Å². The average Bonchev–Trinajstić information content (AvgIpc) is 2.46. The first-order valence-electron chi connectivity index (χ1n) is 5.42. The van der Waals surface area contributed by atoms with E-state index < -0.39 is 5.60 Å². The number of rotatable bonds is 3.